The molecule has 2 aliphatic heterocycles. The second-order valence-electron chi connectivity index (χ2n) is 10.2. The smallest absolute Gasteiger partial charge is 0.328 e. The van der Waals surface area contributed by atoms with Gasteiger partial charge in [-0.3, -0.25) is 15.0 Å². The Bertz CT molecular complexity index is 1010. The van der Waals surface area contributed by atoms with E-state index in [0.29, 0.717) is 25.0 Å². The van der Waals surface area contributed by atoms with Gasteiger partial charge in [-0.15, -0.1) is 0 Å². The molecular weight excluding hydrogens is 430 g/mol. The number of aromatic nitrogens is 2. The van der Waals surface area contributed by atoms with Crippen molar-refractivity contribution in [3.8, 4) is 0 Å². The molecule has 2 aromatic heterocycles. The number of amides is 3. The van der Waals surface area contributed by atoms with E-state index in [4.69, 9.17) is 4.74 Å². The zero-order valence-corrected chi connectivity index (χ0v) is 20.2. The molecule has 3 amide bonds. The molecule has 8 nitrogen and oxygen atoms in total. The van der Waals surface area contributed by atoms with Crippen molar-refractivity contribution in [3.63, 3.8) is 0 Å². The molecular formula is C26H37N5O3. The molecule has 0 spiro atoms. The molecule has 0 aromatic carbocycles. The van der Waals surface area contributed by atoms with E-state index in [9.17, 15) is 9.59 Å². The molecule has 184 valence electrons. The number of ether oxygens (including phenoxy) is 1. The van der Waals surface area contributed by atoms with Crippen LogP contribution in [-0.4, -0.2) is 65.3 Å². The maximum atomic E-state index is 12.3. The highest BCUT2D eigenvalue weighted by atomic mass is 16.5. The van der Waals surface area contributed by atoms with Crippen LogP contribution in [-0.2, 0) is 16.0 Å². The van der Waals surface area contributed by atoms with Gasteiger partial charge in [0.25, 0.3) is 0 Å². The van der Waals surface area contributed by atoms with Gasteiger partial charge in [-0.1, -0.05) is 0 Å². The van der Waals surface area contributed by atoms with Crippen molar-refractivity contribution < 1.29 is 14.3 Å². The summed E-state index contributed by atoms with van der Waals surface area (Å²) in [6, 6.07) is 3.94. The van der Waals surface area contributed by atoms with E-state index >= 15 is 0 Å². The lowest BCUT2D eigenvalue weighted by Gasteiger charge is -2.36. The van der Waals surface area contributed by atoms with Gasteiger partial charge >= 0.3 is 6.03 Å². The summed E-state index contributed by atoms with van der Waals surface area (Å²) in [5, 5.41) is 6.81. The quantitative estimate of drug-likeness (QED) is 0.673. The van der Waals surface area contributed by atoms with Gasteiger partial charge in [0.05, 0.1) is 23.5 Å². The number of fused-ring (bicyclic) bond motifs is 1. The third-order valence-corrected chi connectivity index (χ3v) is 7.85. The SMILES string of the molecule is CCO[C@H]1CC[C@H](CN2CCC(Cc3ccn4ncc(N5CCC(=O)NC5=O)c4c3)CC2)CC1. The molecule has 34 heavy (non-hydrogen) atoms. The van der Waals surface area contributed by atoms with Gasteiger partial charge in [-0.2, -0.15) is 5.10 Å². The molecule has 3 aliphatic rings. The van der Waals surface area contributed by atoms with Crippen molar-refractivity contribution in [1.29, 1.82) is 0 Å². The number of urea groups is 1. The van der Waals surface area contributed by atoms with E-state index in [0.717, 1.165) is 30.1 Å². The van der Waals surface area contributed by atoms with Crippen LogP contribution < -0.4 is 10.2 Å². The van der Waals surface area contributed by atoms with Crippen LogP contribution in [0.1, 0.15) is 57.4 Å². The lowest BCUT2D eigenvalue weighted by molar-refractivity contribution is -0.120. The highest BCUT2D eigenvalue weighted by Gasteiger charge is 2.28. The van der Waals surface area contributed by atoms with Crippen LogP contribution >= 0.6 is 0 Å². The molecule has 3 fully saturated rings. The summed E-state index contributed by atoms with van der Waals surface area (Å²) in [7, 11) is 0. The van der Waals surface area contributed by atoms with Gasteiger partial charge in [-0.25, -0.2) is 9.31 Å². The minimum Gasteiger partial charge on any atom is -0.379 e. The number of rotatable bonds is 7. The lowest BCUT2D eigenvalue weighted by Crippen LogP contribution is -2.49. The van der Waals surface area contributed by atoms with Crippen molar-refractivity contribution in [2.45, 2.75) is 64.4 Å². The van der Waals surface area contributed by atoms with Crippen LogP contribution in [0.15, 0.2) is 24.5 Å². The van der Waals surface area contributed by atoms with Crippen LogP contribution in [0.2, 0.25) is 0 Å². The molecule has 0 radical (unpaired) electrons. The standard InChI is InChI=1S/C26H37N5O3/c1-2-34-22-5-3-20(4-6-22)18-29-11-7-19(8-12-29)15-21-9-14-31-23(16-21)24(17-27-31)30-13-10-25(32)28-26(30)33/h9,14,16-17,19-20,22H,2-8,10-13,15,18H2,1H3,(H,28,32,33)/t20-,22-. The Labute approximate surface area is 201 Å². The molecule has 0 unspecified atom stereocenters. The molecule has 0 bridgehead atoms. The topological polar surface area (TPSA) is 79.2 Å². The number of hydrogen-bond donors (Lipinski definition) is 1. The summed E-state index contributed by atoms with van der Waals surface area (Å²) in [4.78, 5) is 28.1. The molecule has 2 saturated heterocycles. The fraction of sp³-hybridized carbons (Fsp3) is 0.654. The van der Waals surface area contributed by atoms with E-state index in [1.165, 1.54) is 63.7 Å². The van der Waals surface area contributed by atoms with E-state index in [-0.39, 0.29) is 11.9 Å². The molecule has 4 heterocycles. The third kappa shape index (κ3) is 5.28. The second kappa shape index (κ2) is 10.4. The Kier molecular flexibility index (Phi) is 7.15. The van der Waals surface area contributed by atoms with E-state index in [1.807, 2.05) is 10.7 Å². The average molecular weight is 468 g/mol. The predicted molar refractivity (Wildman–Crippen MR) is 131 cm³/mol. The van der Waals surface area contributed by atoms with Crippen LogP contribution in [0.25, 0.3) is 5.52 Å². The minimum atomic E-state index is -0.365. The summed E-state index contributed by atoms with van der Waals surface area (Å²) >= 11 is 0. The lowest BCUT2D eigenvalue weighted by atomic mass is 9.85. The fourth-order valence-electron chi connectivity index (χ4n) is 5.93. The number of hydrogen-bond acceptors (Lipinski definition) is 5. The summed E-state index contributed by atoms with van der Waals surface area (Å²) in [6.07, 6.45) is 13.1. The first kappa shape index (κ1) is 23.3. The number of imide groups is 1. The van der Waals surface area contributed by atoms with Gasteiger partial charge in [0, 0.05) is 32.3 Å². The number of likely N-dealkylation sites (tertiary alicyclic amines) is 1. The van der Waals surface area contributed by atoms with Gasteiger partial charge in [0.2, 0.25) is 5.91 Å². The summed E-state index contributed by atoms with van der Waals surface area (Å²) < 4.78 is 7.62. The highest BCUT2D eigenvalue weighted by molar-refractivity contribution is 6.07. The number of nitrogens with one attached hydrogen (secondary N) is 1. The van der Waals surface area contributed by atoms with Crippen molar-refractivity contribution in [2.75, 3.05) is 37.7 Å². The maximum Gasteiger partial charge on any atom is 0.328 e. The first-order valence-corrected chi connectivity index (χ1v) is 13.0. The average Bonchev–Trinajstić information content (AvgIpc) is 3.25. The zero-order valence-electron chi connectivity index (χ0n) is 20.2. The zero-order chi connectivity index (χ0) is 23.5. The summed E-state index contributed by atoms with van der Waals surface area (Å²) in [5.74, 6) is 1.30. The molecule has 2 aromatic rings. The number of anilines is 1. The number of pyridine rings is 1. The summed E-state index contributed by atoms with van der Waals surface area (Å²) in [6.45, 7) is 6.96. The monoisotopic (exact) mass is 467 g/mol. The minimum absolute atomic E-state index is 0.219. The van der Waals surface area contributed by atoms with E-state index < -0.39 is 0 Å². The first-order valence-electron chi connectivity index (χ1n) is 13.0. The Morgan fingerprint density at radius 3 is 2.59 bits per heavy atom. The van der Waals surface area contributed by atoms with Crippen LogP contribution in [0.5, 0.6) is 0 Å². The predicted octanol–water partition coefficient (Wildman–Crippen LogP) is 3.63. The Morgan fingerprint density at radius 1 is 1.06 bits per heavy atom. The van der Waals surface area contributed by atoms with E-state index in [1.54, 1.807) is 11.1 Å². The summed E-state index contributed by atoms with van der Waals surface area (Å²) in [5.41, 5.74) is 2.97. The first-order chi connectivity index (χ1) is 16.6. The molecule has 0 atom stereocenters. The van der Waals surface area contributed by atoms with Gasteiger partial charge in [0.15, 0.2) is 0 Å². The van der Waals surface area contributed by atoms with Gasteiger partial charge in [0.1, 0.15) is 0 Å². The van der Waals surface area contributed by atoms with Crippen LogP contribution in [0.4, 0.5) is 10.5 Å². The largest absolute Gasteiger partial charge is 0.379 e. The molecule has 1 N–H and O–H groups in total. The number of carbonyl (C=O) groups excluding carboxylic acids is 2. The van der Waals surface area contributed by atoms with Gasteiger partial charge < -0.3 is 9.64 Å². The third-order valence-electron chi connectivity index (χ3n) is 7.85. The van der Waals surface area contributed by atoms with Crippen LogP contribution in [0, 0.1) is 11.8 Å². The molecule has 1 saturated carbocycles. The normalized spacial score (nSPS) is 25.1. The van der Waals surface area contributed by atoms with Crippen molar-refractivity contribution >= 4 is 23.1 Å². The maximum absolute atomic E-state index is 12.3. The second-order valence-corrected chi connectivity index (χ2v) is 10.2. The van der Waals surface area contributed by atoms with Crippen molar-refractivity contribution in [1.82, 2.24) is 19.8 Å². The van der Waals surface area contributed by atoms with Gasteiger partial charge in [-0.05, 0) is 94.5 Å². The molecule has 5 rings (SSSR count). The van der Waals surface area contributed by atoms with Crippen LogP contribution in [0.3, 0.4) is 0 Å². The fourth-order valence-corrected chi connectivity index (χ4v) is 5.93. The van der Waals surface area contributed by atoms with E-state index in [2.05, 4.69) is 34.4 Å². The van der Waals surface area contributed by atoms with Crippen molar-refractivity contribution in [3.05, 3.63) is 30.1 Å². The van der Waals surface area contributed by atoms with Crippen molar-refractivity contribution in [2.24, 2.45) is 11.8 Å². The molecule has 8 heteroatoms. The number of piperidine rings is 1. The highest BCUT2D eigenvalue weighted by Crippen LogP contribution is 2.30. The Hall–Kier alpha value is -2.45. The number of carbonyl (C=O) groups is 2. The Morgan fingerprint density at radius 2 is 1.85 bits per heavy atom. The number of nitrogens with zero attached hydrogens (tertiary/aromatic N) is 4. The molecule has 1 aliphatic carbocycles. The Balaban J connectivity index is 1.14.